The molecule has 0 rings (SSSR count). The van der Waals surface area contributed by atoms with Crippen molar-refractivity contribution in [3.63, 3.8) is 0 Å². The van der Waals surface area contributed by atoms with Crippen LogP contribution in [0.3, 0.4) is 0 Å². The Morgan fingerprint density at radius 3 is 2.57 bits per heavy atom. The highest BCUT2D eigenvalue weighted by Crippen LogP contribution is 1.56. The second-order valence-corrected chi connectivity index (χ2v) is 1.22. The fraction of sp³-hybridized carbons (Fsp3) is 0. The van der Waals surface area contributed by atoms with E-state index in [9.17, 15) is 4.21 Å². The Bertz CT molecular complexity index is 116. The molecule has 0 heterocycles. The molecule has 2 N–H and O–H groups in total. The first kappa shape index (κ1) is 6.29. The van der Waals surface area contributed by atoms with Crippen molar-refractivity contribution in [1.29, 1.82) is 0 Å². The zero-order valence-electron chi connectivity index (χ0n) is 3.12. The number of nitrogens with zero attached hydrogens (tertiary/aromatic N) is 1. The van der Waals surface area contributed by atoms with Gasteiger partial charge in [-0.05, 0) is 0 Å². The van der Waals surface area contributed by atoms with E-state index >= 15 is 0 Å². The molecule has 0 spiro atoms. The van der Waals surface area contributed by atoms with E-state index in [0.717, 1.165) is 6.08 Å². The zero-order chi connectivity index (χ0) is 5.70. The molecule has 0 radical (unpaired) electrons. The minimum atomic E-state index is -2.24. The lowest BCUT2D eigenvalue weighted by molar-refractivity contribution is 0.544. The highest BCUT2D eigenvalue weighted by atomic mass is 32.2. The molecular formula is CH2N2O3S. The molecule has 0 aliphatic rings. The first-order valence-electron chi connectivity index (χ1n) is 1.20. The molecule has 0 aromatic carbocycles. The third kappa shape index (κ3) is 5.29. The Kier molecular flexibility index (Phi) is 3.13. The molecule has 0 amide bonds. The van der Waals surface area contributed by atoms with E-state index < -0.39 is 11.3 Å². The highest BCUT2D eigenvalue weighted by molar-refractivity contribution is 7.77. The summed E-state index contributed by atoms with van der Waals surface area (Å²) in [5, 5.41) is 2.57. The molecular weight excluding hydrogens is 120 g/mol. The van der Waals surface area contributed by atoms with E-state index in [-0.39, 0.29) is 0 Å². The van der Waals surface area contributed by atoms with E-state index in [1.807, 2.05) is 0 Å². The molecule has 0 saturated carbocycles. The van der Waals surface area contributed by atoms with Gasteiger partial charge < -0.3 is 0 Å². The van der Waals surface area contributed by atoms with Gasteiger partial charge in [-0.3, -0.25) is 4.55 Å². The van der Waals surface area contributed by atoms with Gasteiger partial charge in [0.2, 0.25) is 0 Å². The molecule has 40 valence electrons. The Balaban J connectivity index is 3.32. The van der Waals surface area contributed by atoms with Crippen LogP contribution in [0.4, 0.5) is 0 Å². The van der Waals surface area contributed by atoms with Crippen LogP contribution in [0.1, 0.15) is 0 Å². The second-order valence-electron chi connectivity index (χ2n) is 0.544. The molecule has 1 atom stereocenters. The summed E-state index contributed by atoms with van der Waals surface area (Å²) >= 11 is -2.24. The van der Waals surface area contributed by atoms with Gasteiger partial charge in [-0.25, -0.2) is 9.00 Å². The SMILES string of the molecule is O=C=NNS(=O)O. The molecule has 0 bridgehead atoms. The maximum absolute atomic E-state index is 9.49. The van der Waals surface area contributed by atoms with Crippen molar-refractivity contribution in [2.24, 2.45) is 5.10 Å². The van der Waals surface area contributed by atoms with Gasteiger partial charge in [-0.15, -0.1) is 0 Å². The van der Waals surface area contributed by atoms with Crippen LogP contribution in [0.25, 0.3) is 0 Å². The lowest BCUT2D eigenvalue weighted by atomic mass is 11.6. The summed E-state index contributed by atoms with van der Waals surface area (Å²) in [6.45, 7) is 0. The normalized spacial score (nSPS) is 11.6. The van der Waals surface area contributed by atoms with Crippen molar-refractivity contribution in [2.75, 3.05) is 0 Å². The fourth-order valence-electron chi connectivity index (χ4n) is 0.0577. The number of nitrogens with one attached hydrogen (secondary N) is 1. The van der Waals surface area contributed by atoms with Crippen molar-refractivity contribution in [1.82, 2.24) is 4.83 Å². The van der Waals surface area contributed by atoms with Gasteiger partial charge in [-0.2, -0.15) is 4.83 Å². The molecule has 7 heavy (non-hydrogen) atoms. The topological polar surface area (TPSA) is 78.8 Å². The van der Waals surface area contributed by atoms with E-state index in [1.165, 1.54) is 4.83 Å². The predicted octanol–water partition coefficient (Wildman–Crippen LogP) is -1.04. The summed E-state index contributed by atoms with van der Waals surface area (Å²) < 4.78 is 17.3. The number of isocyanates is 1. The molecule has 5 nitrogen and oxygen atoms in total. The van der Waals surface area contributed by atoms with Gasteiger partial charge in [0.05, 0.1) is 0 Å². The van der Waals surface area contributed by atoms with Crippen molar-refractivity contribution in [3.05, 3.63) is 0 Å². The van der Waals surface area contributed by atoms with Gasteiger partial charge in [0.25, 0.3) is 17.3 Å². The number of hydrazone groups is 1. The highest BCUT2D eigenvalue weighted by Gasteiger charge is 1.79. The van der Waals surface area contributed by atoms with Crippen molar-refractivity contribution in [3.8, 4) is 0 Å². The molecule has 0 saturated heterocycles. The Hall–Kier alpha value is -0.710. The summed E-state index contributed by atoms with van der Waals surface area (Å²) in [6.07, 6.45) is 1.01. The van der Waals surface area contributed by atoms with Crippen LogP contribution in [0, 0.1) is 0 Å². The third-order valence-electron chi connectivity index (χ3n) is 0.169. The summed E-state index contributed by atoms with van der Waals surface area (Å²) in [7, 11) is 0. The molecule has 0 aliphatic heterocycles. The van der Waals surface area contributed by atoms with Crippen LogP contribution >= 0.6 is 0 Å². The Morgan fingerprint density at radius 1 is 1.86 bits per heavy atom. The first-order valence-corrected chi connectivity index (χ1v) is 2.31. The monoisotopic (exact) mass is 122 g/mol. The van der Waals surface area contributed by atoms with Gasteiger partial charge in [0.15, 0.2) is 0 Å². The summed E-state index contributed by atoms with van der Waals surface area (Å²) in [4.78, 5) is 10.6. The van der Waals surface area contributed by atoms with Crippen molar-refractivity contribution < 1.29 is 13.6 Å². The summed E-state index contributed by atoms with van der Waals surface area (Å²) in [6, 6.07) is 0. The Morgan fingerprint density at radius 2 is 2.43 bits per heavy atom. The van der Waals surface area contributed by atoms with Crippen molar-refractivity contribution in [2.45, 2.75) is 0 Å². The van der Waals surface area contributed by atoms with Crippen LogP contribution in [-0.4, -0.2) is 14.8 Å². The van der Waals surface area contributed by atoms with Crippen LogP contribution in [0.5, 0.6) is 0 Å². The van der Waals surface area contributed by atoms with Crippen LogP contribution in [-0.2, 0) is 16.1 Å². The minimum Gasteiger partial charge on any atom is -0.288 e. The largest absolute Gasteiger partial charge is 0.288 e. The van der Waals surface area contributed by atoms with E-state index in [2.05, 4.69) is 5.10 Å². The van der Waals surface area contributed by atoms with Crippen LogP contribution in [0.2, 0.25) is 0 Å². The Labute approximate surface area is 41.8 Å². The van der Waals surface area contributed by atoms with Crippen LogP contribution < -0.4 is 4.83 Å². The van der Waals surface area contributed by atoms with Gasteiger partial charge in [0.1, 0.15) is 0 Å². The average molecular weight is 122 g/mol. The standard InChI is InChI=1S/CH2N2O3S/c4-1-2-3-7(5)6/h3H,(H,5,6). The number of hydrogen-bond acceptors (Lipinski definition) is 3. The van der Waals surface area contributed by atoms with Gasteiger partial charge in [0, 0.05) is 0 Å². The predicted molar refractivity (Wildman–Crippen MR) is 22.0 cm³/mol. The summed E-state index contributed by atoms with van der Waals surface area (Å²) in [5.74, 6) is 0. The third-order valence-corrected chi connectivity index (χ3v) is 0.417. The molecule has 0 aromatic heterocycles. The maximum atomic E-state index is 9.49. The average Bonchev–Trinajstić information content (AvgIpc) is 1.61. The summed E-state index contributed by atoms with van der Waals surface area (Å²) in [5.41, 5.74) is 0. The van der Waals surface area contributed by atoms with Crippen molar-refractivity contribution >= 4 is 17.3 Å². The van der Waals surface area contributed by atoms with E-state index in [1.54, 1.807) is 0 Å². The molecule has 0 fully saturated rings. The number of carbonyl (C=O) groups excluding carboxylic acids is 1. The first-order chi connectivity index (χ1) is 3.27. The smallest absolute Gasteiger partial charge is 0.276 e. The quantitative estimate of drug-likeness (QED) is 0.212. The van der Waals surface area contributed by atoms with Gasteiger partial charge in [-0.1, -0.05) is 5.10 Å². The molecule has 0 aromatic rings. The van der Waals surface area contributed by atoms with Gasteiger partial charge >= 0.3 is 0 Å². The molecule has 6 heteroatoms. The van der Waals surface area contributed by atoms with E-state index in [0.29, 0.717) is 0 Å². The minimum absolute atomic E-state index is 1.01. The maximum Gasteiger partial charge on any atom is 0.276 e. The van der Waals surface area contributed by atoms with E-state index in [4.69, 9.17) is 9.35 Å². The lowest BCUT2D eigenvalue weighted by Crippen LogP contribution is -2.06. The number of rotatable bonds is 2. The lowest BCUT2D eigenvalue weighted by Gasteiger charge is -1.80. The fourth-order valence-corrected chi connectivity index (χ4v) is 0.173. The molecule has 0 aliphatic carbocycles. The number of hydrogen-bond donors (Lipinski definition) is 2. The zero-order valence-corrected chi connectivity index (χ0v) is 3.94. The second kappa shape index (κ2) is 3.48. The van der Waals surface area contributed by atoms with Crippen LogP contribution in [0.15, 0.2) is 5.10 Å². The molecule has 1 unspecified atom stereocenters.